The number of hydrogen-bond acceptors (Lipinski definition) is 2. The van der Waals surface area contributed by atoms with Crippen LogP contribution in [-0.4, -0.2) is 9.97 Å². The zero-order valence-electron chi connectivity index (χ0n) is 6.27. The molecule has 1 rings (SSSR count). The molecule has 5 heteroatoms. The number of H-pyrrole nitrogens is 2. The Balaban J connectivity index is 0. The molecule has 4 nitrogen and oxygen atoms in total. The van der Waals surface area contributed by atoms with Crippen molar-refractivity contribution in [3.05, 3.63) is 32.9 Å². The van der Waals surface area contributed by atoms with Gasteiger partial charge in [-0.3, -0.25) is 9.78 Å². The fourth-order valence-electron chi connectivity index (χ4n) is 0.393. The maximum absolute atomic E-state index is 12.0. The van der Waals surface area contributed by atoms with E-state index < -0.39 is 17.1 Å². The van der Waals surface area contributed by atoms with Gasteiger partial charge in [0.2, 0.25) is 5.82 Å². The minimum Gasteiger partial charge on any atom is -0.311 e. The fraction of sp³-hybridized carbons (Fsp3) is 0.333. The first kappa shape index (κ1) is 9.61. The van der Waals surface area contributed by atoms with Gasteiger partial charge in [0.1, 0.15) is 0 Å². The molecule has 1 aromatic rings. The molecule has 0 spiro atoms. The lowest BCUT2D eigenvalue weighted by Crippen LogP contribution is -2.23. The van der Waals surface area contributed by atoms with Gasteiger partial charge in [-0.05, 0) is 0 Å². The van der Waals surface area contributed by atoms with Crippen LogP contribution in [0.4, 0.5) is 4.39 Å². The molecule has 11 heavy (non-hydrogen) atoms. The van der Waals surface area contributed by atoms with Crippen LogP contribution in [0.25, 0.3) is 0 Å². The molecule has 0 aliphatic rings. The fourth-order valence-corrected chi connectivity index (χ4v) is 0.393. The van der Waals surface area contributed by atoms with Gasteiger partial charge in [0.15, 0.2) is 0 Å². The first-order valence-corrected chi connectivity index (χ1v) is 3.17. The van der Waals surface area contributed by atoms with Gasteiger partial charge in [-0.15, -0.1) is 0 Å². The Morgan fingerprint density at radius 2 is 2.00 bits per heavy atom. The third-order valence-electron chi connectivity index (χ3n) is 0.774. The molecule has 0 saturated heterocycles. The predicted octanol–water partition coefficient (Wildman–Crippen LogP) is 0.475. The summed E-state index contributed by atoms with van der Waals surface area (Å²) in [4.78, 5) is 24.0. The zero-order valence-corrected chi connectivity index (χ0v) is 6.27. The molecule has 0 amide bonds. The van der Waals surface area contributed by atoms with E-state index in [4.69, 9.17) is 0 Å². The summed E-state index contributed by atoms with van der Waals surface area (Å²) in [5, 5.41) is 0. The first-order valence-electron chi connectivity index (χ1n) is 3.17. The standard InChI is InChI=1S/C4H3FN2O2.C2H6.H2/c5-2-1-6-4(9)7-3(2)8;1-2;/h1H,(H2,6,7,8,9);1-2H3;1H. The number of halogens is 1. The average molecular weight is 162 g/mol. The third-order valence-corrected chi connectivity index (χ3v) is 0.774. The Bertz CT molecular complexity index is 320. The van der Waals surface area contributed by atoms with E-state index in [1.165, 1.54) is 0 Å². The lowest BCUT2D eigenvalue weighted by atomic mass is 10.6. The van der Waals surface area contributed by atoms with Gasteiger partial charge in [0.05, 0.1) is 0 Å². The Morgan fingerprint density at radius 3 is 2.36 bits per heavy atom. The Kier molecular flexibility index (Phi) is 3.87. The van der Waals surface area contributed by atoms with Crippen LogP contribution in [0.5, 0.6) is 0 Å². The van der Waals surface area contributed by atoms with E-state index in [1.54, 1.807) is 4.98 Å². The maximum Gasteiger partial charge on any atom is 0.325 e. The minimum absolute atomic E-state index is 0. The number of rotatable bonds is 0. The van der Waals surface area contributed by atoms with Crippen LogP contribution < -0.4 is 11.2 Å². The zero-order chi connectivity index (χ0) is 8.85. The minimum atomic E-state index is -1.00. The van der Waals surface area contributed by atoms with Gasteiger partial charge in [0, 0.05) is 7.62 Å². The van der Waals surface area contributed by atoms with E-state index in [2.05, 4.69) is 0 Å². The molecule has 0 bridgehead atoms. The maximum atomic E-state index is 12.0. The highest BCUT2D eigenvalue weighted by atomic mass is 19.1. The molecule has 0 fully saturated rings. The number of hydrogen-bond donors (Lipinski definition) is 2. The van der Waals surface area contributed by atoms with Crippen LogP contribution in [0.15, 0.2) is 15.8 Å². The van der Waals surface area contributed by atoms with Crippen molar-refractivity contribution in [1.82, 2.24) is 9.97 Å². The van der Waals surface area contributed by atoms with Crippen molar-refractivity contribution in [2.75, 3.05) is 0 Å². The van der Waals surface area contributed by atoms with Gasteiger partial charge in [0.25, 0.3) is 5.56 Å². The van der Waals surface area contributed by atoms with E-state index >= 15 is 0 Å². The Morgan fingerprint density at radius 1 is 1.45 bits per heavy atom. The summed E-state index contributed by atoms with van der Waals surface area (Å²) < 4.78 is 12.0. The number of aromatic amines is 2. The Hall–Kier alpha value is -1.39. The number of aromatic nitrogens is 2. The van der Waals surface area contributed by atoms with Gasteiger partial charge in [-0.1, -0.05) is 13.8 Å². The molecule has 1 aromatic heterocycles. The molecule has 0 radical (unpaired) electrons. The van der Waals surface area contributed by atoms with Gasteiger partial charge < -0.3 is 4.98 Å². The van der Waals surface area contributed by atoms with Crippen LogP contribution in [-0.2, 0) is 0 Å². The smallest absolute Gasteiger partial charge is 0.311 e. The van der Waals surface area contributed by atoms with E-state index in [0.29, 0.717) is 6.20 Å². The van der Waals surface area contributed by atoms with E-state index in [0.717, 1.165) is 0 Å². The largest absolute Gasteiger partial charge is 0.325 e. The highest BCUT2D eigenvalue weighted by Crippen LogP contribution is 1.74. The topological polar surface area (TPSA) is 65.7 Å². The summed E-state index contributed by atoms with van der Waals surface area (Å²) in [5.74, 6) is -0.991. The Labute approximate surface area is 63.6 Å². The molecule has 0 aliphatic carbocycles. The van der Waals surface area contributed by atoms with Crippen LogP contribution >= 0.6 is 0 Å². The summed E-state index contributed by atoms with van der Waals surface area (Å²) in [6.45, 7) is 4.00. The van der Waals surface area contributed by atoms with Crippen molar-refractivity contribution < 1.29 is 5.82 Å². The summed E-state index contributed by atoms with van der Waals surface area (Å²) >= 11 is 0. The first-order chi connectivity index (χ1) is 5.20. The summed E-state index contributed by atoms with van der Waals surface area (Å²) in [7, 11) is 0. The van der Waals surface area contributed by atoms with E-state index in [9.17, 15) is 14.0 Å². The molecule has 0 unspecified atom stereocenters. The van der Waals surface area contributed by atoms with Crippen LogP contribution in [0.1, 0.15) is 15.3 Å². The molecular weight excluding hydrogens is 151 g/mol. The van der Waals surface area contributed by atoms with E-state index in [1.807, 2.05) is 18.8 Å². The molecule has 2 N–H and O–H groups in total. The van der Waals surface area contributed by atoms with E-state index in [-0.39, 0.29) is 1.43 Å². The van der Waals surface area contributed by atoms with Crippen molar-refractivity contribution in [3.8, 4) is 0 Å². The van der Waals surface area contributed by atoms with Gasteiger partial charge in [-0.25, -0.2) is 4.79 Å². The number of nitrogens with one attached hydrogen (secondary N) is 2. The van der Waals surface area contributed by atoms with Crippen LogP contribution in [0, 0.1) is 5.82 Å². The van der Waals surface area contributed by atoms with Crippen molar-refractivity contribution >= 4 is 0 Å². The summed E-state index contributed by atoms with van der Waals surface area (Å²) in [5.41, 5.74) is -1.71. The lowest BCUT2D eigenvalue weighted by Gasteiger charge is -1.81. The second-order valence-electron chi connectivity index (χ2n) is 1.42. The highest BCUT2D eigenvalue weighted by Gasteiger charge is 1.93. The van der Waals surface area contributed by atoms with Gasteiger partial charge >= 0.3 is 5.69 Å². The second kappa shape index (κ2) is 4.43. The highest BCUT2D eigenvalue weighted by molar-refractivity contribution is 4.83. The second-order valence-corrected chi connectivity index (χ2v) is 1.42. The molecule has 0 aromatic carbocycles. The quantitative estimate of drug-likeness (QED) is 0.582. The molecule has 64 valence electrons. The van der Waals surface area contributed by atoms with Crippen molar-refractivity contribution in [3.63, 3.8) is 0 Å². The van der Waals surface area contributed by atoms with Crippen LogP contribution in [0.3, 0.4) is 0 Å². The average Bonchev–Trinajstić information content (AvgIpc) is 2.02. The normalized spacial score (nSPS) is 8.27. The van der Waals surface area contributed by atoms with Crippen molar-refractivity contribution in [1.29, 1.82) is 0 Å². The molecule has 0 atom stereocenters. The van der Waals surface area contributed by atoms with Crippen molar-refractivity contribution in [2.24, 2.45) is 0 Å². The van der Waals surface area contributed by atoms with Crippen molar-refractivity contribution in [2.45, 2.75) is 13.8 Å². The summed E-state index contributed by atoms with van der Waals surface area (Å²) in [6, 6.07) is 0. The molecule has 0 aliphatic heterocycles. The monoisotopic (exact) mass is 162 g/mol. The third kappa shape index (κ3) is 2.79. The van der Waals surface area contributed by atoms with Crippen LogP contribution in [0.2, 0.25) is 0 Å². The molecular formula is C6H11FN2O2. The summed E-state index contributed by atoms with van der Waals surface area (Å²) in [6.07, 6.45) is 0.709. The molecule has 1 heterocycles. The SMILES string of the molecule is CC.O=c1[nH]cc(F)c(=O)[nH]1.[HH]. The lowest BCUT2D eigenvalue weighted by molar-refractivity contribution is 0.597. The molecule has 0 saturated carbocycles. The predicted molar refractivity (Wildman–Crippen MR) is 41.1 cm³/mol. The van der Waals surface area contributed by atoms with Gasteiger partial charge in [-0.2, -0.15) is 4.39 Å².